The molecule has 0 unspecified atom stereocenters. The number of carbonyl (C=O) groups excluding carboxylic acids is 1. The van der Waals surface area contributed by atoms with Gasteiger partial charge >= 0.3 is 0 Å². The molecule has 0 aliphatic rings. The first-order chi connectivity index (χ1) is 11.1. The number of halogens is 2. The molecule has 0 fully saturated rings. The summed E-state index contributed by atoms with van der Waals surface area (Å²) in [6.45, 7) is 0. The van der Waals surface area contributed by atoms with Gasteiger partial charge in [0.15, 0.2) is 0 Å². The zero-order valence-electron chi connectivity index (χ0n) is 11.9. The highest BCUT2D eigenvalue weighted by atomic mass is 127. The number of nitrogens with one attached hydrogen (secondary N) is 1. The van der Waals surface area contributed by atoms with Crippen LogP contribution in [0.15, 0.2) is 53.9 Å². The molecule has 23 heavy (non-hydrogen) atoms. The minimum Gasteiger partial charge on any atom is -0.324 e. The summed E-state index contributed by atoms with van der Waals surface area (Å²) in [5.74, 6) is -0.127. The van der Waals surface area contributed by atoms with Gasteiger partial charge < -0.3 is 5.32 Å². The predicted molar refractivity (Wildman–Crippen MR) is 104 cm³/mol. The summed E-state index contributed by atoms with van der Waals surface area (Å²) < 4.78 is 1.03. The first-order valence-electron chi connectivity index (χ1n) is 6.86. The molecule has 0 radical (unpaired) electrons. The molecule has 1 N–H and O–H groups in total. The molecule has 6 heteroatoms. The Hall–Kier alpha value is -1.44. The third kappa shape index (κ3) is 4.31. The molecule has 0 saturated carbocycles. The van der Waals surface area contributed by atoms with Crippen LogP contribution in [0.2, 0.25) is 5.02 Å². The van der Waals surface area contributed by atoms with Crippen LogP contribution >= 0.6 is 45.5 Å². The molecule has 0 spiro atoms. The van der Waals surface area contributed by atoms with Crippen molar-refractivity contribution >= 4 is 57.1 Å². The molecule has 3 rings (SSSR count). The van der Waals surface area contributed by atoms with Gasteiger partial charge in [-0.1, -0.05) is 41.9 Å². The largest absolute Gasteiger partial charge is 0.324 e. The number of hydrogen-bond donors (Lipinski definition) is 1. The van der Waals surface area contributed by atoms with E-state index in [1.165, 1.54) is 11.3 Å². The fourth-order valence-corrected chi connectivity index (χ4v) is 3.78. The van der Waals surface area contributed by atoms with Crippen molar-refractivity contribution in [2.24, 2.45) is 0 Å². The highest BCUT2D eigenvalue weighted by molar-refractivity contribution is 14.1. The van der Waals surface area contributed by atoms with Gasteiger partial charge in [-0.05, 0) is 40.8 Å². The van der Waals surface area contributed by atoms with E-state index in [0.29, 0.717) is 10.7 Å². The second kappa shape index (κ2) is 7.42. The van der Waals surface area contributed by atoms with E-state index in [1.807, 2.05) is 47.8 Å². The highest BCUT2D eigenvalue weighted by Crippen LogP contribution is 2.25. The summed E-state index contributed by atoms with van der Waals surface area (Å²) >= 11 is 9.84. The fraction of sp³-hybridized carbons (Fsp3) is 0.0588. The third-order valence-corrected chi connectivity index (χ3v) is 5.04. The lowest BCUT2D eigenvalue weighted by Gasteiger charge is -2.06. The monoisotopic (exact) mass is 454 g/mol. The molecular weight excluding hydrogens is 443 g/mol. The zero-order chi connectivity index (χ0) is 16.2. The van der Waals surface area contributed by atoms with Crippen molar-refractivity contribution in [3.8, 4) is 10.6 Å². The number of amides is 1. The van der Waals surface area contributed by atoms with Crippen molar-refractivity contribution in [1.82, 2.24) is 4.98 Å². The van der Waals surface area contributed by atoms with Crippen LogP contribution in [-0.2, 0) is 11.2 Å². The SMILES string of the molecule is O=C(Cc1csc(-c2ccccc2)n1)Nc1ccc(I)cc1Cl. The van der Waals surface area contributed by atoms with Gasteiger partial charge in [-0.2, -0.15) is 0 Å². The van der Waals surface area contributed by atoms with Crippen LogP contribution in [0.3, 0.4) is 0 Å². The predicted octanol–water partition coefficient (Wildman–Crippen LogP) is 5.25. The van der Waals surface area contributed by atoms with Gasteiger partial charge in [0.2, 0.25) is 5.91 Å². The summed E-state index contributed by atoms with van der Waals surface area (Å²) in [7, 11) is 0. The van der Waals surface area contributed by atoms with Crippen molar-refractivity contribution in [1.29, 1.82) is 0 Å². The van der Waals surface area contributed by atoms with Crippen LogP contribution in [0.5, 0.6) is 0 Å². The van der Waals surface area contributed by atoms with E-state index in [4.69, 9.17) is 11.6 Å². The average molecular weight is 455 g/mol. The Morgan fingerprint density at radius 1 is 1.22 bits per heavy atom. The summed E-state index contributed by atoms with van der Waals surface area (Å²) in [5, 5.41) is 6.19. The van der Waals surface area contributed by atoms with Crippen molar-refractivity contribution in [3.63, 3.8) is 0 Å². The van der Waals surface area contributed by atoms with E-state index in [-0.39, 0.29) is 12.3 Å². The van der Waals surface area contributed by atoms with Crippen LogP contribution < -0.4 is 5.32 Å². The number of carbonyl (C=O) groups is 1. The molecule has 0 aliphatic heterocycles. The summed E-state index contributed by atoms with van der Waals surface area (Å²) in [5.41, 5.74) is 2.44. The van der Waals surface area contributed by atoms with E-state index in [2.05, 4.69) is 32.9 Å². The maximum atomic E-state index is 12.2. The standard InChI is InChI=1S/C17H12ClIN2OS/c18-14-8-12(19)6-7-15(14)21-16(22)9-13-10-23-17(20-13)11-4-2-1-3-5-11/h1-8,10H,9H2,(H,21,22). The van der Waals surface area contributed by atoms with Crippen molar-refractivity contribution in [3.05, 3.63) is 68.2 Å². The number of nitrogens with zero attached hydrogens (tertiary/aromatic N) is 1. The fourth-order valence-electron chi connectivity index (χ4n) is 2.05. The van der Waals surface area contributed by atoms with E-state index in [0.717, 1.165) is 19.8 Å². The summed E-state index contributed by atoms with van der Waals surface area (Å²) in [6, 6.07) is 15.5. The minimum absolute atomic E-state index is 0.127. The molecule has 3 nitrogen and oxygen atoms in total. The van der Waals surface area contributed by atoms with Gasteiger partial charge in [0.1, 0.15) is 5.01 Å². The van der Waals surface area contributed by atoms with Crippen molar-refractivity contribution < 1.29 is 4.79 Å². The minimum atomic E-state index is -0.127. The Labute approximate surface area is 156 Å². The first kappa shape index (κ1) is 16.4. The quantitative estimate of drug-likeness (QED) is 0.547. The number of hydrogen-bond acceptors (Lipinski definition) is 3. The Morgan fingerprint density at radius 2 is 2.00 bits per heavy atom. The topological polar surface area (TPSA) is 42.0 Å². The number of thiazole rings is 1. The van der Waals surface area contributed by atoms with Gasteiger partial charge in [0.05, 0.1) is 22.8 Å². The molecule has 0 aliphatic carbocycles. The lowest BCUT2D eigenvalue weighted by molar-refractivity contribution is -0.115. The third-order valence-electron chi connectivity index (χ3n) is 3.12. The molecule has 1 heterocycles. The smallest absolute Gasteiger partial charge is 0.230 e. The van der Waals surface area contributed by atoms with Gasteiger partial charge in [0, 0.05) is 14.5 Å². The molecule has 1 aromatic heterocycles. The molecule has 3 aromatic rings. The summed E-state index contributed by atoms with van der Waals surface area (Å²) in [6.07, 6.45) is 0.228. The Bertz CT molecular complexity index is 836. The number of aromatic nitrogens is 1. The lowest BCUT2D eigenvalue weighted by atomic mass is 10.2. The highest BCUT2D eigenvalue weighted by Gasteiger charge is 2.11. The molecule has 116 valence electrons. The van der Waals surface area contributed by atoms with Crippen LogP contribution in [0, 0.1) is 3.57 Å². The van der Waals surface area contributed by atoms with Crippen LogP contribution in [-0.4, -0.2) is 10.9 Å². The van der Waals surface area contributed by atoms with Gasteiger partial charge in [-0.15, -0.1) is 11.3 Å². The Balaban J connectivity index is 1.68. The van der Waals surface area contributed by atoms with Gasteiger partial charge in [-0.3, -0.25) is 4.79 Å². The Kier molecular flexibility index (Phi) is 5.30. The molecule has 0 bridgehead atoms. The van der Waals surface area contributed by atoms with E-state index >= 15 is 0 Å². The second-order valence-electron chi connectivity index (χ2n) is 4.86. The van der Waals surface area contributed by atoms with E-state index in [1.54, 1.807) is 6.07 Å². The van der Waals surface area contributed by atoms with E-state index in [9.17, 15) is 4.79 Å². The normalized spacial score (nSPS) is 10.5. The summed E-state index contributed by atoms with van der Waals surface area (Å²) in [4.78, 5) is 16.7. The maximum Gasteiger partial charge on any atom is 0.230 e. The van der Waals surface area contributed by atoms with Crippen LogP contribution in [0.25, 0.3) is 10.6 Å². The average Bonchev–Trinajstić information content (AvgIpc) is 2.99. The molecule has 0 saturated heterocycles. The van der Waals surface area contributed by atoms with Crippen molar-refractivity contribution in [2.45, 2.75) is 6.42 Å². The second-order valence-corrected chi connectivity index (χ2v) is 7.37. The molecular formula is C17H12ClIN2OS. The number of benzene rings is 2. The molecule has 0 atom stereocenters. The molecule has 2 aromatic carbocycles. The Morgan fingerprint density at radius 3 is 2.74 bits per heavy atom. The van der Waals surface area contributed by atoms with Gasteiger partial charge in [0.25, 0.3) is 0 Å². The first-order valence-corrected chi connectivity index (χ1v) is 9.20. The van der Waals surface area contributed by atoms with E-state index < -0.39 is 0 Å². The number of anilines is 1. The molecule has 1 amide bonds. The van der Waals surface area contributed by atoms with Crippen LogP contribution in [0.1, 0.15) is 5.69 Å². The number of rotatable bonds is 4. The maximum absolute atomic E-state index is 12.2. The van der Waals surface area contributed by atoms with Gasteiger partial charge in [-0.25, -0.2) is 4.98 Å². The zero-order valence-corrected chi connectivity index (χ0v) is 15.7. The van der Waals surface area contributed by atoms with Crippen LogP contribution in [0.4, 0.5) is 5.69 Å². The van der Waals surface area contributed by atoms with Crippen molar-refractivity contribution in [2.75, 3.05) is 5.32 Å². The lowest BCUT2D eigenvalue weighted by Crippen LogP contribution is -2.14.